The zero-order valence-corrected chi connectivity index (χ0v) is 36.6. The molecule has 6 heteroatoms. The first-order valence-corrected chi connectivity index (χ1v) is 21.9. The zero-order valence-electron chi connectivity index (χ0n) is 35.0. The number of aryl methyl sites for hydroxylation is 6. The SMILES string of the molecule is Cc1cc(C)c(Oc2cc(C(C)(C)C)cc(CSC3CCCCCC[C@@H]3SCc3cc(C(C)(C)C)cc(Oc4c(C)cc(C)cc4C)c3O)c2O)c(C)c1. The smallest absolute Gasteiger partial charge is 0.169 e. The van der Waals surface area contributed by atoms with E-state index in [2.05, 4.69) is 119 Å². The number of ether oxygens (including phenoxy) is 2. The van der Waals surface area contributed by atoms with Crippen LogP contribution in [-0.2, 0) is 22.3 Å². The summed E-state index contributed by atoms with van der Waals surface area (Å²) in [4.78, 5) is 0. The molecule has 0 aliphatic heterocycles. The minimum atomic E-state index is -0.107. The van der Waals surface area contributed by atoms with Crippen molar-refractivity contribution in [1.29, 1.82) is 0 Å². The van der Waals surface area contributed by atoms with E-state index < -0.39 is 0 Å². The number of hydrogen-bond donors (Lipinski definition) is 2. The number of hydrogen-bond acceptors (Lipinski definition) is 6. The highest BCUT2D eigenvalue weighted by atomic mass is 32.2. The molecule has 54 heavy (non-hydrogen) atoms. The molecule has 5 rings (SSSR count). The van der Waals surface area contributed by atoms with Gasteiger partial charge in [0.15, 0.2) is 23.0 Å². The van der Waals surface area contributed by atoms with Gasteiger partial charge in [-0.05, 0) is 111 Å². The molecular weight excluding hydrogens is 705 g/mol. The van der Waals surface area contributed by atoms with Gasteiger partial charge in [0.05, 0.1) is 0 Å². The van der Waals surface area contributed by atoms with Crippen LogP contribution in [0.4, 0.5) is 0 Å². The third kappa shape index (κ3) is 10.3. The van der Waals surface area contributed by atoms with Gasteiger partial charge in [-0.15, -0.1) is 0 Å². The fourth-order valence-corrected chi connectivity index (χ4v) is 10.7. The van der Waals surface area contributed by atoms with Crippen molar-refractivity contribution >= 4 is 23.5 Å². The fraction of sp³-hybridized carbons (Fsp3) is 0.500. The first-order valence-electron chi connectivity index (χ1n) is 19.8. The molecule has 1 saturated carbocycles. The molecule has 0 saturated heterocycles. The molecule has 0 amide bonds. The van der Waals surface area contributed by atoms with Crippen molar-refractivity contribution in [1.82, 2.24) is 0 Å². The minimum absolute atomic E-state index is 0.107. The maximum atomic E-state index is 11.7. The molecule has 1 aliphatic carbocycles. The third-order valence-electron chi connectivity index (χ3n) is 10.7. The van der Waals surface area contributed by atoms with Gasteiger partial charge >= 0.3 is 0 Å². The van der Waals surface area contributed by atoms with Gasteiger partial charge in [-0.3, -0.25) is 0 Å². The monoisotopic (exact) mass is 768 g/mol. The quantitative estimate of drug-likeness (QED) is 0.168. The van der Waals surface area contributed by atoms with Crippen LogP contribution < -0.4 is 9.47 Å². The van der Waals surface area contributed by atoms with Gasteiger partial charge in [-0.1, -0.05) is 115 Å². The Balaban J connectivity index is 1.41. The predicted molar refractivity (Wildman–Crippen MR) is 233 cm³/mol. The lowest BCUT2D eigenvalue weighted by molar-refractivity contribution is 0.403. The van der Waals surface area contributed by atoms with Gasteiger partial charge in [0.25, 0.3) is 0 Å². The summed E-state index contributed by atoms with van der Waals surface area (Å²) in [7, 11) is 0. The molecule has 292 valence electrons. The summed E-state index contributed by atoms with van der Waals surface area (Å²) >= 11 is 3.94. The van der Waals surface area contributed by atoms with E-state index in [1.807, 2.05) is 35.7 Å². The number of aromatic hydroxyl groups is 2. The second-order valence-corrected chi connectivity index (χ2v) is 20.3. The van der Waals surface area contributed by atoms with E-state index in [4.69, 9.17) is 9.47 Å². The Kier molecular flexibility index (Phi) is 13.4. The Bertz CT molecular complexity index is 1760. The Morgan fingerprint density at radius 2 is 0.852 bits per heavy atom. The van der Waals surface area contributed by atoms with Crippen molar-refractivity contribution in [3.63, 3.8) is 0 Å². The lowest BCUT2D eigenvalue weighted by atomic mass is 9.86. The van der Waals surface area contributed by atoms with Gasteiger partial charge in [-0.2, -0.15) is 23.5 Å². The number of phenols is 2. The Labute approximate surface area is 334 Å². The maximum Gasteiger partial charge on any atom is 0.169 e. The van der Waals surface area contributed by atoms with Gasteiger partial charge < -0.3 is 19.7 Å². The largest absolute Gasteiger partial charge is 0.504 e. The van der Waals surface area contributed by atoms with Crippen LogP contribution in [0.5, 0.6) is 34.5 Å². The summed E-state index contributed by atoms with van der Waals surface area (Å²) in [6.45, 7) is 25.8. The predicted octanol–water partition coefficient (Wildman–Crippen LogP) is 14.4. The van der Waals surface area contributed by atoms with Crippen LogP contribution in [-0.4, -0.2) is 20.7 Å². The van der Waals surface area contributed by atoms with Gasteiger partial charge in [-0.25, -0.2) is 0 Å². The summed E-state index contributed by atoms with van der Waals surface area (Å²) in [5.74, 6) is 4.57. The fourth-order valence-electron chi connectivity index (χ4n) is 7.64. The number of thioether (sulfide) groups is 2. The summed E-state index contributed by atoms with van der Waals surface area (Å²) in [5, 5.41) is 24.3. The summed E-state index contributed by atoms with van der Waals surface area (Å²) in [6, 6.07) is 16.9. The molecular formula is C48H64O4S2. The highest BCUT2D eigenvalue weighted by molar-refractivity contribution is 8.03. The van der Waals surface area contributed by atoms with Crippen LogP contribution in [0.3, 0.4) is 0 Å². The molecule has 0 bridgehead atoms. The van der Waals surface area contributed by atoms with Crippen molar-refractivity contribution in [2.45, 2.75) is 154 Å². The molecule has 4 aromatic rings. The minimum Gasteiger partial charge on any atom is -0.504 e. The van der Waals surface area contributed by atoms with Gasteiger partial charge in [0.1, 0.15) is 11.5 Å². The number of phenolic OH excluding ortho intramolecular Hbond substituents is 2. The standard InChI is InChI=1S/C48H64O4S2/c1-29-19-31(3)45(32(4)20-29)51-39-25-37(47(7,8)9)23-35(43(39)49)27-53-41-17-15-13-14-16-18-42(41)54-28-36-24-38(48(10,11)12)26-40(44(36)50)52-46-33(5)21-30(2)22-34(46)6/h19-26,41-42,49-50H,13-18,27-28H2,1-12H3/t41-,42?/m0/s1. The first kappa shape index (κ1) is 41.9. The normalized spacial score (nSPS) is 16.9. The van der Waals surface area contributed by atoms with Crippen LogP contribution in [0.15, 0.2) is 48.5 Å². The van der Waals surface area contributed by atoms with Gasteiger partial charge in [0.2, 0.25) is 0 Å². The van der Waals surface area contributed by atoms with Crippen LogP contribution in [0.2, 0.25) is 0 Å². The second-order valence-electron chi connectivity index (χ2n) is 17.8. The van der Waals surface area contributed by atoms with E-state index in [9.17, 15) is 10.2 Å². The molecule has 0 radical (unpaired) electrons. The van der Waals surface area contributed by atoms with Crippen molar-refractivity contribution in [3.05, 3.63) is 104 Å². The molecule has 1 aliphatic rings. The van der Waals surface area contributed by atoms with Crippen molar-refractivity contribution < 1.29 is 19.7 Å². The molecule has 2 N–H and O–H groups in total. The van der Waals surface area contributed by atoms with Crippen molar-refractivity contribution in [3.8, 4) is 34.5 Å². The topological polar surface area (TPSA) is 58.9 Å². The maximum absolute atomic E-state index is 11.7. The molecule has 0 heterocycles. The molecule has 1 fully saturated rings. The number of rotatable bonds is 10. The summed E-state index contributed by atoms with van der Waals surface area (Å²) < 4.78 is 13.1. The zero-order chi connectivity index (χ0) is 39.5. The van der Waals surface area contributed by atoms with E-state index in [1.54, 1.807) is 0 Å². The van der Waals surface area contributed by atoms with Gasteiger partial charge in [0, 0.05) is 33.1 Å². The highest BCUT2D eigenvalue weighted by Crippen LogP contribution is 2.46. The molecule has 4 aromatic carbocycles. The molecule has 0 spiro atoms. The molecule has 0 aromatic heterocycles. The average molecular weight is 769 g/mol. The summed E-state index contributed by atoms with van der Waals surface area (Å²) in [5.41, 5.74) is 10.6. The van der Waals surface area contributed by atoms with E-state index >= 15 is 0 Å². The van der Waals surface area contributed by atoms with E-state index in [0.29, 0.717) is 33.5 Å². The molecule has 2 atom stereocenters. The Hall–Kier alpha value is -3.22. The average Bonchev–Trinajstić information content (AvgIpc) is 3.05. The third-order valence-corrected chi connectivity index (χ3v) is 13.8. The molecule has 4 nitrogen and oxygen atoms in total. The summed E-state index contributed by atoms with van der Waals surface area (Å²) in [6.07, 6.45) is 7.23. The van der Waals surface area contributed by atoms with Crippen LogP contribution in [0, 0.1) is 41.5 Å². The number of benzene rings is 4. The van der Waals surface area contributed by atoms with Crippen molar-refractivity contribution in [2.24, 2.45) is 0 Å². The highest BCUT2D eigenvalue weighted by Gasteiger charge is 2.28. The first-order chi connectivity index (χ1) is 25.3. The Morgan fingerprint density at radius 1 is 0.519 bits per heavy atom. The Morgan fingerprint density at radius 3 is 1.17 bits per heavy atom. The van der Waals surface area contributed by atoms with Crippen LogP contribution in [0.25, 0.3) is 0 Å². The lowest BCUT2D eigenvalue weighted by Crippen LogP contribution is -2.22. The van der Waals surface area contributed by atoms with Crippen LogP contribution in [0.1, 0.15) is 136 Å². The lowest BCUT2D eigenvalue weighted by Gasteiger charge is -2.30. The van der Waals surface area contributed by atoms with Crippen molar-refractivity contribution in [2.75, 3.05) is 0 Å². The second kappa shape index (κ2) is 17.3. The molecule has 1 unspecified atom stereocenters. The van der Waals surface area contributed by atoms with E-state index in [0.717, 1.165) is 68.8 Å². The van der Waals surface area contributed by atoms with Crippen LogP contribution >= 0.6 is 23.5 Å². The van der Waals surface area contributed by atoms with E-state index in [1.165, 1.54) is 36.8 Å². The van der Waals surface area contributed by atoms with E-state index in [-0.39, 0.29) is 22.3 Å².